The fourth-order valence-electron chi connectivity index (χ4n) is 2.57. The standard InChI is InChI=1S/C19H23NO3/c1-14-5-4-6-17(13-14)15-9-11-16(12-10-15)18(21)7-2-3-8-19(22)20-23/h4-6,9-13,18,21,23H,2-3,7-8H2,1H3,(H,20,22)/t18-/m1/s1. The first kappa shape index (κ1) is 17.2. The zero-order valence-corrected chi connectivity index (χ0v) is 13.3. The lowest BCUT2D eigenvalue weighted by Gasteiger charge is -2.12. The first-order valence-corrected chi connectivity index (χ1v) is 7.88. The molecule has 0 saturated carbocycles. The largest absolute Gasteiger partial charge is 0.388 e. The Balaban J connectivity index is 1.90. The predicted octanol–water partition coefficient (Wildman–Crippen LogP) is 3.76. The van der Waals surface area contributed by atoms with Crippen LogP contribution < -0.4 is 5.48 Å². The Morgan fingerprint density at radius 3 is 2.48 bits per heavy atom. The van der Waals surface area contributed by atoms with E-state index < -0.39 is 6.10 Å². The highest BCUT2D eigenvalue weighted by Gasteiger charge is 2.08. The van der Waals surface area contributed by atoms with Crippen LogP contribution in [0.5, 0.6) is 0 Å². The second-order valence-electron chi connectivity index (χ2n) is 5.79. The molecule has 2 aromatic carbocycles. The highest BCUT2D eigenvalue weighted by atomic mass is 16.5. The minimum absolute atomic E-state index is 0.273. The molecule has 2 aromatic rings. The van der Waals surface area contributed by atoms with Crippen molar-refractivity contribution in [3.8, 4) is 11.1 Å². The van der Waals surface area contributed by atoms with Crippen molar-refractivity contribution in [2.75, 3.05) is 0 Å². The maximum atomic E-state index is 10.9. The summed E-state index contributed by atoms with van der Waals surface area (Å²) in [6.45, 7) is 2.07. The van der Waals surface area contributed by atoms with Crippen LogP contribution in [0.15, 0.2) is 48.5 Å². The normalized spacial score (nSPS) is 12.0. The molecular formula is C19H23NO3. The van der Waals surface area contributed by atoms with E-state index >= 15 is 0 Å². The van der Waals surface area contributed by atoms with Crippen molar-refractivity contribution < 1.29 is 15.1 Å². The first-order chi connectivity index (χ1) is 11.1. The third-order valence-corrected chi connectivity index (χ3v) is 3.90. The molecule has 0 aliphatic heterocycles. The Bertz CT molecular complexity index is 637. The lowest BCUT2D eigenvalue weighted by atomic mass is 9.98. The average Bonchev–Trinajstić information content (AvgIpc) is 2.58. The molecule has 1 atom stereocenters. The van der Waals surface area contributed by atoms with Gasteiger partial charge in [0.15, 0.2) is 0 Å². The highest BCUT2D eigenvalue weighted by molar-refractivity contribution is 5.74. The SMILES string of the molecule is Cc1cccc(-c2ccc([C@H](O)CCCCC(=O)NO)cc2)c1. The van der Waals surface area contributed by atoms with Gasteiger partial charge in [-0.05, 0) is 36.5 Å². The van der Waals surface area contributed by atoms with Crippen molar-refractivity contribution in [1.29, 1.82) is 0 Å². The van der Waals surface area contributed by atoms with Crippen molar-refractivity contribution in [3.63, 3.8) is 0 Å². The van der Waals surface area contributed by atoms with E-state index in [-0.39, 0.29) is 12.3 Å². The number of amides is 1. The van der Waals surface area contributed by atoms with Gasteiger partial charge in [0.05, 0.1) is 6.10 Å². The van der Waals surface area contributed by atoms with Gasteiger partial charge in [-0.2, -0.15) is 0 Å². The van der Waals surface area contributed by atoms with Crippen LogP contribution in [0.25, 0.3) is 11.1 Å². The summed E-state index contributed by atoms with van der Waals surface area (Å²) in [6, 6.07) is 16.3. The maximum absolute atomic E-state index is 10.9. The van der Waals surface area contributed by atoms with E-state index in [1.165, 1.54) is 11.1 Å². The van der Waals surface area contributed by atoms with Crippen LogP contribution in [0.4, 0.5) is 0 Å². The van der Waals surface area contributed by atoms with Gasteiger partial charge in [0, 0.05) is 6.42 Å². The van der Waals surface area contributed by atoms with Gasteiger partial charge in [-0.25, -0.2) is 5.48 Å². The Morgan fingerprint density at radius 2 is 1.83 bits per heavy atom. The molecule has 0 radical (unpaired) electrons. The molecule has 0 fully saturated rings. The second kappa shape index (κ2) is 8.46. The monoisotopic (exact) mass is 313 g/mol. The van der Waals surface area contributed by atoms with Gasteiger partial charge in [-0.3, -0.25) is 10.0 Å². The van der Waals surface area contributed by atoms with Crippen LogP contribution in [0.3, 0.4) is 0 Å². The van der Waals surface area contributed by atoms with Crippen molar-refractivity contribution in [2.45, 2.75) is 38.7 Å². The fourth-order valence-corrected chi connectivity index (χ4v) is 2.57. The Morgan fingerprint density at radius 1 is 1.09 bits per heavy atom. The molecule has 0 unspecified atom stereocenters. The van der Waals surface area contributed by atoms with Gasteiger partial charge in [-0.15, -0.1) is 0 Å². The predicted molar refractivity (Wildman–Crippen MR) is 90.0 cm³/mol. The summed E-state index contributed by atoms with van der Waals surface area (Å²) in [5.74, 6) is -0.387. The lowest BCUT2D eigenvalue weighted by molar-refractivity contribution is -0.129. The van der Waals surface area contributed by atoms with E-state index in [1.54, 1.807) is 5.48 Å². The number of unbranched alkanes of at least 4 members (excludes halogenated alkanes) is 1. The van der Waals surface area contributed by atoms with Crippen LogP contribution in [-0.2, 0) is 4.79 Å². The summed E-state index contributed by atoms with van der Waals surface area (Å²) in [6.07, 6.45) is 1.72. The van der Waals surface area contributed by atoms with E-state index in [9.17, 15) is 9.90 Å². The molecule has 0 bridgehead atoms. The number of carbonyl (C=O) groups is 1. The number of aryl methyl sites for hydroxylation is 1. The summed E-state index contributed by atoms with van der Waals surface area (Å²) < 4.78 is 0. The molecule has 0 aliphatic rings. The Hall–Kier alpha value is -2.17. The molecule has 122 valence electrons. The summed E-state index contributed by atoms with van der Waals surface area (Å²) in [5.41, 5.74) is 6.01. The number of benzene rings is 2. The molecule has 4 heteroatoms. The van der Waals surface area contributed by atoms with Gasteiger partial charge in [0.1, 0.15) is 0 Å². The number of rotatable bonds is 7. The molecule has 3 N–H and O–H groups in total. The van der Waals surface area contributed by atoms with Gasteiger partial charge in [0.2, 0.25) is 5.91 Å². The molecule has 23 heavy (non-hydrogen) atoms. The van der Waals surface area contributed by atoms with E-state index in [4.69, 9.17) is 5.21 Å². The third kappa shape index (κ3) is 5.20. The fraction of sp³-hybridized carbons (Fsp3) is 0.316. The van der Waals surface area contributed by atoms with E-state index in [0.29, 0.717) is 12.8 Å². The molecular weight excluding hydrogens is 290 g/mol. The van der Waals surface area contributed by atoms with Crippen LogP contribution in [0, 0.1) is 6.92 Å². The number of carbonyl (C=O) groups excluding carboxylic acids is 1. The highest BCUT2D eigenvalue weighted by Crippen LogP contribution is 2.25. The van der Waals surface area contributed by atoms with Crippen LogP contribution in [0.1, 0.15) is 42.9 Å². The summed E-state index contributed by atoms with van der Waals surface area (Å²) in [7, 11) is 0. The molecule has 4 nitrogen and oxygen atoms in total. The van der Waals surface area contributed by atoms with Gasteiger partial charge >= 0.3 is 0 Å². The van der Waals surface area contributed by atoms with Crippen LogP contribution in [-0.4, -0.2) is 16.2 Å². The van der Waals surface area contributed by atoms with Gasteiger partial charge in [-0.1, -0.05) is 60.5 Å². The number of hydrogen-bond acceptors (Lipinski definition) is 3. The van der Waals surface area contributed by atoms with Crippen molar-refractivity contribution >= 4 is 5.91 Å². The smallest absolute Gasteiger partial charge is 0.243 e. The number of hydrogen-bond donors (Lipinski definition) is 3. The van der Waals surface area contributed by atoms with Gasteiger partial charge in [0.25, 0.3) is 0 Å². The van der Waals surface area contributed by atoms with E-state index in [1.807, 2.05) is 30.3 Å². The third-order valence-electron chi connectivity index (χ3n) is 3.90. The minimum Gasteiger partial charge on any atom is -0.388 e. The average molecular weight is 313 g/mol. The van der Waals surface area contributed by atoms with E-state index in [2.05, 4.69) is 25.1 Å². The molecule has 0 aromatic heterocycles. The summed E-state index contributed by atoms with van der Waals surface area (Å²) in [4.78, 5) is 10.9. The van der Waals surface area contributed by atoms with Crippen molar-refractivity contribution in [1.82, 2.24) is 5.48 Å². The van der Waals surface area contributed by atoms with Crippen molar-refractivity contribution in [2.24, 2.45) is 0 Å². The number of nitrogens with one attached hydrogen (secondary N) is 1. The molecule has 2 rings (SSSR count). The van der Waals surface area contributed by atoms with Crippen molar-refractivity contribution in [3.05, 3.63) is 59.7 Å². The molecule has 0 saturated heterocycles. The first-order valence-electron chi connectivity index (χ1n) is 7.88. The molecule has 0 spiro atoms. The number of aliphatic hydroxyl groups excluding tert-OH is 1. The lowest BCUT2D eigenvalue weighted by Crippen LogP contribution is -2.17. The molecule has 0 aliphatic carbocycles. The van der Waals surface area contributed by atoms with Crippen LogP contribution in [0.2, 0.25) is 0 Å². The zero-order chi connectivity index (χ0) is 16.7. The Kier molecular flexibility index (Phi) is 6.32. The Labute approximate surface area is 136 Å². The number of hydroxylamine groups is 1. The molecule has 1 amide bonds. The van der Waals surface area contributed by atoms with Gasteiger partial charge < -0.3 is 5.11 Å². The minimum atomic E-state index is -0.529. The van der Waals surface area contributed by atoms with E-state index in [0.717, 1.165) is 17.5 Å². The van der Waals surface area contributed by atoms with Crippen LogP contribution >= 0.6 is 0 Å². The quantitative estimate of drug-likeness (QED) is 0.414. The zero-order valence-electron chi connectivity index (χ0n) is 13.3. The topological polar surface area (TPSA) is 69.6 Å². The summed E-state index contributed by atoms with van der Waals surface area (Å²) in [5, 5.41) is 18.6. The second-order valence-corrected chi connectivity index (χ2v) is 5.79. The molecule has 0 heterocycles. The summed E-state index contributed by atoms with van der Waals surface area (Å²) >= 11 is 0. The maximum Gasteiger partial charge on any atom is 0.243 e. The number of aliphatic hydroxyl groups is 1.